The molecule has 1 atom stereocenters. The molecule has 2 heterocycles. The number of amides is 1. The highest BCUT2D eigenvalue weighted by molar-refractivity contribution is 8.00. The Morgan fingerprint density at radius 1 is 1.06 bits per heavy atom. The lowest BCUT2D eigenvalue weighted by molar-refractivity contribution is -0.132. The zero-order valence-corrected chi connectivity index (χ0v) is 19.7. The van der Waals surface area contributed by atoms with E-state index in [0.717, 1.165) is 38.4 Å². The predicted molar refractivity (Wildman–Crippen MR) is 126 cm³/mol. The molecule has 1 amide bonds. The standard InChI is InChI=1S/C24H28FN5O2S/c1-3-28-13-15-29(16-14-28)23(31)18(2)33-24-27-26-22(30(24)19-9-5-4-6-10-19)17-32-21-12-8-7-11-20(21)25/h4-12,18H,3,13-17H2,1-2H3. The molecule has 174 valence electrons. The molecular weight excluding hydrogens is 441 g/mol. The third-order valence-electron chi connectivity index (χ3n) is 5.67. The minimum absolute atomic E-state index is 0.0463. The number of rotatable bonds is 8. The van der Waals surface area contributed by atoms with Crippen LogP contribution in [-0.4, -0.2) is 68.4 Å². The van der Waals surface area contributed by atoms with Crippen LogP contribution in [0.1, 0.15) is 19.7 Å². The molecule has 33 heavy (non-hydrogen) atoms. The van der Waals surface area contributed by atoms with Crippen molar-refractivity contribution in [1.29, 1.82) is 0 Å². The van der Waals surface area contributed by atoms with E-state index < -0.39 is 5.82 Å². The molecule has 1 aliphatic heterocycles. The summed E-state index contributed by atoms with van der Waals surface area (Å²) in [4.78, 5) is 17.3. The van der Waals surface area contributed by atoms with Gasteiger partial charge >= 0.3 is 0 Å². The lowest BCUT2D eigenvalue weighted by Gasteiger charge is -2.35. The van der Waals surface area contributed by atoms with Crippen LogP contribution < -0.4 is 4.74 Å². The second kappa shape index (κ2) is 10.8. The molecule has 1 saturated heterocycles. The number of aromatic nitrogens is 3. The van der Waals surface area contributed by atoms with Crippen LogP contribution in [0.5, 0.6) is 5.75 Å². The van der Waals surface area contributed by atoms with Gasteiger partial charge in [-0.05, 0) is 37.7 Å². The van der Waals surface area contributed by atoms with Gasteiger partial charge in [0.2, 0.25) is 5.91 Å². The number of hydrogen-bond donors (Lipinski definition) is 0. The number of halogens is 1. The van der Waals surface area contributed by atoms with E-state index in [1.54, 1.807) is 18.2 Å². The molecule has 0 saturated carbocycles. The van der Waals surface area contributed by atoms with Crippen molar-refractivity contribution in [2.24, 2.45) is 0 Å². The van der Waals surface area contributed by atoms with E-state index in [9.17, 15) is 9.18 Å². The molecule has 0 spiro atoms. The van der Waals surface area contributed by atoms with Crippen LogP contribution >= 0.6 is 11.8 Å². The van der Waals surface area contributed by atoms with Gasteiger partial charge in [-0.15, -0.1) is 10.2 Å². The highest BCUT2D eigenvalue weighted by Gasteiger charge is 2.27. The monoisotopic (exact) mass is 469 g/mol. The van der Waals surface area contributed by atoms with Crippen molar-refractivity contribution < 1.29 is 13.9 Å². The first-order valence-electron chi connectivity index (χ1n) is 11.1. The molecule has 0 N–H and O–H groups in total. The maximum absolute atomic E-state index is 14.0. The smallest absolute Gasteiger partial charge is 0.235 e. The van der Waals surface area contributed by atoms with Crippen LogP contribution in [-0.2, 0) is 11.4 Å². The van der Waals surface area contributed by atoms with Gasteiger partial charge in [-0.2, -0.15) is 0 Å². The summed E-state index contributed by atoms with van der Waals surface area (Å²) in [5, 5.41) is 8.92. The van der Waals surface area contributed by atoms with Gasteiger partial charge in [0.25, 0.3) is 0 Å². The number of carbonyl (C=O) groups is 1. The fraction of sp³-hybridized carbons (Fsp3) is 0.375. The molecule has 1 aliphatic rings. The number of benzene rings is 2. The molecule has 0 aliphatic carbocycles. The van der Waals surface area contributed by atoms with Gasteiger partial charge in [-0.25, -0.2) is 4.39 Å². The van der Waals surface area contributed by atoms with Gasteiger partial charge in [0.1, 0.15) is 6.61 Å². The second-order valence-electron chi connectivity index (χ2n) is 7.81. The van der Waals surface area contributed by atoms with Crippen molar-refractivity contribution in [2.75, 3.05) is 32.7 Å². The third-order valence-corrected chi connectivity index (χ3v) is 6.70. The Kier molecular flexibility index (Phi) is 7.61. The predicted octanol–water partition coefficient (Wildman–Crippen LogP) is 3.63. The normalized spacial score (nSPS) is 15.4. The maximum atomic E-state index is 14.0. The summed E-state index contributed by atoms with van der Waals surface area (Å²) >= 11 is 1.37. The van der Waals surface area contributed by atoms with E-state index in [-0.39, 0.29) is 23.5 Å². The molecule has 3 aromatic rings. The van der Waals surface area contributed by atoms with Gasteiger partial charge in [-0.1, -0.05) is 49.0 Å². The molecular formula is C24H28FN5O2S. The SMILES string of the molecule is CCN1CCN(C(=O)C(C)Sc2nnc(COc3ccccc3F)n2-c2ccccc2)CC1. The summed E-state index contributed by atoms with van der Waals surface area (Å²) < 4.78 is 21.5. The number of ether oxygens (including phenoxy) is 1. The summed E-state index contributed by atoms with van der Waals surface area (Å²) in [6, 6.07) is 15.9. The Hall–Kier alpha value is -2.91. The van der Waals surface area contributed by atoms with Crippen molar-refractivity contribution in [1.82, 2.24) is 24.6 Å². The number of hydrogen-bond acceptors (Lipinski definition) is 6. The Morgan fingerprint density at radius 2 is 1.76 bits per heavy atom. The molecule has 1 unspecified atom stereocenters. The van der Waals surface area contributed by atoms with Crippen LogP contribution in [0.3, 0.4) is 0 Å². The lowest BCUT2D eigenvalue weighted by Crippen LogP contribution is -2.50. The number of para-hydroxylation sites is 2. The van der Waals surface area contributed by atoms with Gasteiger partial charge < -0.3 is 14.5 Å². The van der Waals surface area contributed by atoms with Gasteiger partial charge in [-0.3, -0.25) is 9.36 Å². The highest BCUT2D eigenvalue weighted by Crippen LogP contribution is 2.28. The summed E-state index contributed by atoms with van der Waals surface area (Å²) in [7, 11) is 0. The fourth-order valence-corrected chi connectivity index (χ4v) is 4.73. The molecule has 2 aromatic carbocycles. The molecule has 1 fully saturated rings. The van der Waals surface area contributed by atoms with E-state index >= 15 is 0 Å². The summed E-state index contributed by atoms with van der Waals surface area (Å²) in [6.07, 6.45) is 0. The average Bonchev–Trinajstić information content (AvgIpc) is 3.25. The maximum Gasteiger partial charge on any atom is 0.235 e. The third kappa shape index (κ3) is 5.54. The van der Waals surface area contributed by atoms with Crippen LogP contribution in [0.2, 0.25) is 0 Å². The van der Waals surface area contributed by atoms with Crippen LogP contribution in [0.25, 0.3) is 5.69 Å². The molecule has 9 heteroatoms. The van der Waals surface area contributed by atoms with Gasteiger partial charge in [0.15, 0.2) is 22.5 Å². The number of piperazine rings is 1. The van der Waals surface area contributed by atoms with Crippen LogP contribution in [0.4, 0.5) is 4.39 Å². The minimum atomic E-state index is -0.430. The van der Waals surface area contributed by atoms with E-state index in [4.69, 9.17) is 4.74 Å². The Morgan fingerprint density at radius 3 is 2.45 bits per heavy atom. The average molecular weight is 470 g/mol. The Bertz CT molecular complexity index is 1070. The van der Waals surface area contributed by atoms with Crippen molar-refractivity contribution in [2.45, 2.75) is 30.9 Å². The van der Waals surface area contributed by atoms with E-state index in [2.05, 4.69) is 22.0 Å². The zero-order valence-electron chi connectivity index (χ0n) is 18.9. The van der Waals surface area contributed by atoms with Crippen LogP contribution in [0.15, 0.2) is 59.8 Å². The second-order valence-corrected chi connectivity index (χ2v) is 9.12. The first-order chi connectivity index (χ1) is 16.1. The van der Waals surface area contributed by atoms with Crippen LogP contribution in [0, 0.1) is 5.82 Å². The fourth-order valence-electron chi connectivity index (χ4n) is 3.76. The number of likely N-dealkylation sites (N-methyl/N-ethyl adjacent to an activating group) is 1. The summed E-state index contributed by atoms with van der Waals surface area (Å²) in [6.45, 7) is 8.37. The number of thioether (sulfide) groups is 1. The number of carbonyl (C=O) groups excluding carboxylic acids is 1. The van der Waals surface area contributed by atoms with E-state index in [1.807, 2.05) is 46.7 Å². The largest absolute Gasteiger partial charge is 0.483 e. The summed E-state index contributed by atoms with van der Waals surface area (Å²) in [5.41, 5.74) is 0.855. The lowest BCUT2D eigenvalue weighted by atomic mass is 10.3. The summed E-state index contributed by atoms with van der Waals surface area (Å²) in [5.74, 6) is 0.357. The Labute approximate surface area is 197 Å². The molecule has 4 rings (SSSR count). The topological polar surface area (TPSA) is 63.5 Å². The molecule has 0 radical (unpaired) electrons. The molecule has 0 bridgehead atoms. The zero-order chi connectivity index (χ0) is 23.2. The minimum Gasteiger partial charge on any atom is -0.483 e. The van der Waals surface area contributed by atoms with Crippen molar-refractivity contribution in [3.05, 3.63) is 66.2 Å². The quantitative estimate of drug-likeness (QED) is 0.470. The molecule has 7 nitrogen and oxygen atoms in total. The van der Waals surface area contributed by atoms with Gasteiger partial charge in [0.05, 0.1) is 5.25 Å². The van der Waals surface area contributed by atoms with Crippen molar-refractivity contribution in [3.8, 4) is 11.4 Å². The van der Waals surface area contributed by atoms with Crippen molar-refractivity contribution in [3.63, 3.8) is 0 Å². The van der Waals surface area contributed by atoms with E-state index in [0.29, 0.717) is 11.0 Å². The first kappa shape index (κ1) is 23.3. The highest BCUT2D eigenvalue weighted by atomic mass is 32.2. The Balaban J connectivity index is 1.51. The van der Waals surface area contributed by atoms with Crippen molar-refractivity contribution >= 4 is 17.7 Å². The molecule has 1 aromatic heterocycles. The van der Waals surface area contributed by atoms with E-state index in [1.165, 1.54) is 17.8 Å². The van der Waals surface area contributed by atoms with Gasteiger partial charge in [0, 0.05) is 31.9 Å². The first-order valence-corrected chi connectivity index (χ1v) is 12.0. The number of nitrogens with zero attached hydrogens (tertiary/aromatic N) is 5.